The highest BCUT2D eigenvalue weighted by Gasteiger charge is 2.10. The van der Waals surface area contributed by atoms with Gasteiger partial charge in [-0.2, -0.15) is 0 Å². The van der Waals surface area contributed by atoms with E-state index < -0.39 is 0 Å². The van der Waals surface area contributed by atoms with Crippen LogP contribution in [0.5, 0.6) is 0 Å². The maximum Gasteiger partial charge on any atom is 0.271 e. The predicted octanol–water partition coefficient (Wildman–Crippen LogP) is 2.63. The van der Waals surface area contributed by atoms with E-state index in [1.165, 1.54) is 0 Å². The van der Waals surface area contributed by atoms with Gasteiger partial charge in [-0.3, -0.25) is 4.79 Å². The molecule has 5 heteroatoms. The first kappa shape index (κ1) is 11.9. The summed E-state index contributed by atoms with van der Waals surface area (Å²) in [5.74, 6) is -0.144. The molecule has 0 atom stereocenters. The molecule has 0 aromatic carbocycles. The largest absolute Gasteiger partial charge is 0.346 e. The topological polar surface area (TPSA) is 46.4 Å². The molecule has 0 saturated heterocycles. The van der Waals surface area contributed by atoms with Crippen molar-refractivity contribution >= 4 is 22.9 Å². The van der Waals surface area contributed by atoms with Gasteiger partial charge >= 0.3 is 0 Å². The molecule has 3 aromatic heterocycles. The van der Waals surface area contributed by atoms with Crippen molar-refractivity contribution in [3.63, 3.8) is 0 Å². The Balaban J connectivity index is 1.77. The molecule has 3 aromatic rings. The highest BCUT2D eigenvalue weighted by Crippen LogP contribution is 2.09. The quantitative estimate of drug-likeness (QED) is 0.796. The number of aromatic nitrogens is 2. The first-order valence-electron chi connectivity index (χ1n) is 5.98. The molecule has 4 nitrogen and oxygen atoms in total. The SMILES string of the molecule is Cc1ccc2nc(C(=O)NCc3cccs3)cn2c1. The number of hydrogen-bond donors (Lipinski definition) is 1. The van der Waals surface area contributed by atoms with Gasteiger partial charge in [0.15, 0.2) is 0 Å². The second-order valence-electron chi connectivity index (χ2n) is 4.36. The first-order valence-corrected chi connectivity index (χ1v) is 6.86. The van der Waals surface area contributed by atoms with Crippen LogP contribution in [0.1, 0.15) is 20.9 Å². The molecule has 0 aliphatic rings. The van der Waals surface area contributed by atoms with Crippen LogP contribution in [0.3, 0.4) is 0 Å². The Morgan fingerprint density at radius 3 is 3.05 bits per heavy atom. The fraction of sp³-hybridized carbons (Fsp3) is 0.143. The molecule has 1 amide bonds. The zero-order valence-corrected chi connectivity index (χ0v) is 11.3. The summed E-state index contributed by atoms with van der Waals surface area (Å²) in [6.45, 7) is 2.55. The zero-order valence-electron chi connectivity index (χ0n) is 10.5. The summed E-state index contributed by atoms with van der Waals surface area (Å²) in [4.78, 5) is 17.5. The van der Waals surface area contributed by atoms with Gasteiger partial charge in [-0.15, -0.1) is 11.3 Å². The van der Waals surface area contributed by atoms with Gasteiger partial charge in [-0.05, 0) is 30.0 Å². The molecular formula is C14H13N3OS. The van der Waals surface area contributed by atoms with E-state index in [9.17, 15) is 4.79 Å². The van der Waals surface area contributed by atoms with Crippen LogP contribution < -0.4 is 5.32 Å². The van der Waals surface area contributed by atoms with Gasteiger partial charge < -0.3 is 9.72 Å². The van der Waals surface area contributed by atoms with Gasteiger partial charge in [-0.25, -0.2) is 4.98 Å². The molecule has 0 saturated carbocycles. The minimum atomic E-state index is -0.144. The van der Waals surface area contributed by atoms with E-state index in [0.29, 0.717) is 12.2 Å². The highest BCUT2D eigenvalue weighted by molar-refractivity contribution is 7.09. The number of aryl methyl sites for hydroxylation is 1. The number of carbonyl (C=O) groups is 1. The Labute approximate surface area is 114 Å². The third kappa shape index (κ3) is 2.51. The van der Waals surface area contributed by atoms with Crippen molar-refractivity contribution in [1.82, 2.24) is 14.7 Å². The lowest BCUT2D eigenvalue weighted by Crippen LogP contribution is -2.22. The summed E-state index contributed by atoms with van der Waals surface area (Å²) in [6, 6.07) is 7.86. The monoisotopic (exact) mass is 271 g/mol. The van der Waals surface area contributed by atoms with Crippen LogP contribution in [0.4, 0.5) is 0 Å². The lowest BCUT2D eigenvalue weighted by Gasteiger charge is -1.99. The minimum absolute atomic E-state index is 0.144. The highest BCUT2D eigenvalue weighted by atomic mass is 32.1. The molecule has 0 bridgehead atoms. The Bertz CT molecular complexity index is 715. The van der Waals surface area contributed by atoms with Crippen LogP contribution in [0.25, 0.3) is 5.65 Å². The average molecular weight is 271 g/mol. The minimum Gasteiger partial charge on any atom is -0.346 e. The van der Waals surface area contributed by atoms with Gasteiger partial charge in [-0.1, -0.05) is 12.1 Å². The smallest absolute Gasteiger partial charge is 0.271 e. The molecule has 0 radical (unpaired) electrons. The summed E-state index contributed by atoms with van der Waals surface area (Å²) in [5.41, 5.74) is 2.37. The normalized spacial score (nSPS) is 10.8. The molecule has 3 heterocycles. The Morgan fingerprint density at radius 2 is 2.26 bits per heavy atom. The van der Waals surface area contributed by atoms with Gasteiger partial charge in [0.2, 0.25) is 0 Å². The van der Waals surface area contributed by atoms with Crippen molar-refractivity contribution in [1.29, 1.82) is 0 Å². The average Bonchev–Trinajstić information content (AvgIpc) is 3.04. The van der Waals surface area contributed by atoms with Crippen LogP contribution in [0, 0.1) is 6.92 Å². The molecule has 1 N–H and O–H groups in total. The molecule has 0 aliphatic carbocycles. The van der Waals surface area contributed by atoms with E-state index in [2.05, 4.69) is 10.3 Å². The maximum atomic E-state index is 12.0. The van der Waals surface area contributed by atoms with Gasteiger partial charge in [0, 0.05) is 17.3 Å². The van der Waals surface area contributed by atoms with Crippen LogP contribution >= 0.6 is 11.3 Å². The molecule has 3 rings (SSSR count). The second-order valence-corrected chi connectivity index (χ2v) is 5.39. The summed E-state index contributed by atoms with van der Waals surface area (Å²) >= 11 is 1.63. The summed E-state index contributed by atoms with van der Waals surface area (Å²) in [5, 5.41) is 4.87. The molecular weight excluding hydrogens is 258 g/mol. The number of imidazole rings is 1. The van der Waals surface area contributed by atoms with Crippen molar-refractivity contribution in [3.05, 3.63) is 58.2 Å². The van der Waals surface area contributed by atoms with Crippen molar-refractivity contribution in [2.75, 3.05) is 0 Å². The summed E-state index contributed by atoms with van der Waals surface area (Å²) in [6.07, 6.45) is 3.71. The maximum absolute atomic E-state index is 12.0. The van der Waals surface area contributed by atoms with E-state index in [4.69, 9.17) is 0 Å². The number of nitrogens with one attached hydrogen (secondary N) is 1. The number of nitrogens with zero attached hydrogens (tertiary/aromatic N) is 2. The lowest BCUT2D eigenvalue weighted by atomic mass is 10.3. The van der Waals surface area contributed by atoms with E-state index in [1.54, 1.807) is 17.5 Å². The Morgan fingerprint density at radius 1 is 1.37 bits per heavy atom. The number of thiophene rings is 1. The van der Waals surface area contributed by atoms with Crippen molar-refractivity contribution in [2.45, 2.75) is 13.5 Å². The molecule has 0 fully saturated rings. The molecule has 96 valence electrons. The third-order valence-electron chi connectivity index (χ3n) is 2.83. The molecule has 0 spiro atoms. The van der Waals surface area contributed by atoms with Crippen LogP contribution in [0.15, 0.2) is 42.0 Å². The standard InChI is InChI=1S/C14H13N3OS/c1-10-4-5-13-16-12(9-17(13)8-10)14(18)15-7-11-3-2-6-19-11/h2-6,8-9H,7H2,1H3,(H,15,18). The Kier molecular flexibility index (Phi) is 3.05. The van der Waals surface area contributed by atoms with Crippen LogP contribution in [-0.4, -0.2) is 15.3 Å². The Hall–Kier alpha value is -2.14. The van der Waals surface area contributed by atoms with E-state index in [0.717, 1.165) is 16.1 Å². The van der Waals surface area contributed by atoms with Crippen molar-refractivity contribution in [3.8, 4) is 0 Å². The van der Waals surface area contributed by atoms with E-state index >= 15 is 0 Å². The first-order chi connectivity index (χ1) is 9.22. The number of pyridine rings is 1. The van der Waals surface area contributed by atoms with E-state index in [-0.39, 0.29) is 5.91 Å². The second kappa shape index (κ2) is 4.85. The van der Waals surface area contributed by atoms with Crippen LogP contribution in [0.2, 0.25) is 0 Å². The fourth-order valence-corrected chi connectivity index (χ4v) is 2.53. The summed E-state index contributed by atoms with van der Waals surface area (Å²) in [7, 11) is 0. The predicted molar refractivity (Wildman–Crippen MR) is 75.4 cm³/mol. The van der Waals surface area contributed by atoms with E-state index in [1.807, 2.05) is 47.2 Å². The number of hydrogen-bond acceptors (Lipinski definition) is 3. The third-order valence-corrected chi connectivity index (χ3v) is 3.71. The van der Waals surface area contributed by atoms with Crippen molar-refractivity contribution in [2.24, 2.45) is 0 Å². The molecule has 0 unspecified atom stereocenters. The number of rotatable bonds is 3. The summed E-state index contributed by atoms with van der Waals surface area (Å²) < 4.78 is 1.87. The lowest BCUT2D eigenvalue weighted by molar-refractivity contribution is 0.0947. The molecule has 19 heavy (non-hydrogen) atoms. The van der Waals surface area contributed by atoms with Crippen LogP contribution in [-0.2, 0) is 6.54 Å². The molecule has 0 aliphatic heterocycles. The van der Waals surface area contributed by atoms with Gasteiger partial charge in [0.1, 0.15) is 11.3 Å². The fourth-order valence-electron chi connectivity index (χ4n) is 1.88. The van der Waals surface area contributed by atoms with Gasteiger partial charge in [0.05, 0.1) is 6.54 Å². The zero-order chi connectivity index (χ0) is 13.2. The number of amides is 1. The number of fused-ring (bicyclic) bond motifs is 1. The van der Waals surface area contributed by atoms with Gasteiger partial charge in [0.25, 0.3) is 5.91 Å². The van der Waals surface area contributed by atoms with Crippen molar-refractivity contribution < 1.29 is 4.79 Å². The number of carbonyl (C=O) groups excluding carboxylic acids is 1.